The van der Waals surface area contributed by atoms with Gasteiger partial charge in [0.25, 0.3) is 0 Å². The lowest BCUT2D eigenvalue weighted by Crippen LogP contribution is -2.25. The summed E-state index contributed by atoms with van der Waals surface area (Å²) < 4.78 is 5.70. The van der Waals surface area contributed by atoms with Gasteiger partial charge in [-0.1, -0.05) is 54.0 Å². The third-order valence-electron chi connectivity index (χ3n) is 4.47. The summed E-state index contributed by atoms with van der Waals surface area (Å²) in [6.07, 6.45) is 1.85. The third-order valence-corrected chi connectivity index (χ3v) is 4.47. The topological polar surface area (TPSA) is 9.23 Å². The van der Waals surface area contributed by atoms with E-state index in [1.54, 1.807) is 7.11 Å². The van der Waals surface area contributed by atoms with Crippen molar-refractivity contribution in [2.24, 2.45) is 0 Å². The summed E-state index contributed by atoms with van der Waals surface area (Å²) in [5.74, 6) is 13.2. The highest BCUT2D eigenvalue weighted by Gasteiger charge is 2.30. The van der Waals surface area contributed by atoms with Crippen molar-refractivity contribution in [3.63, 3.8) is 0 Å². The second kappa shape index (κ2) is 5.38. The highest BCUT2D eigenvalue weighted by atomic mass is 16.5. The molecule has 0 fully saturated rings. The van der Waals surface area contributed by atoms with Crippen LogP contribution in [0.1, 0.15) is 40.2 Å². The van der Waals surface area contributed by atoms with Gasteiger partial charge >= 0.3 is 0 Å². The Morgan fingerprint density at radius 2 is 1.77 bits per heavy atom. The molecule has 0 saturated carbocycles. The number of benzene rings is 2. The molecule has 4 rings (SSSR count). The normalized spacial score (nSPS) is 20.8. The van der Waals surface area contributed by atoms with E-state index in [0.29, 0.717) is 0 Å². The first-order valence-electron chi connectivity index (χ1n) is 7.62. The summed E-state index contributed by atoms with van der Waals surface area (Å²) in [4.78, 5) is 0. The van der Waals surface area contributed by atoms with Crippen LogP contribution < -0.4 is 0 Å². The molecule has 0 N–H and O–H groups in total. The van der Waals surface area contributed by atoms with Gasteiger partial charge in [-0.2, -0.15) is 0 Å². The van der Waals surface area contributed by atoms with Crippen molar-refractivity contribution in [1.29, 1.82) is 0 Å². The molecule has 0 bridgehead atoms. The predicted molar refractivity (Wildman–Crippen MR) is 87.6 cm³/mol. The zero-order valence-electron chi connectivity index (χ0n) is 12.5. The van der Waals surface area contributed by atoms with E-state index in [0.717, 1.165) is 24.0 Å². The molecule has 0 spiro atoms. The summed E-state index contributed by atoms with van der Waals surface area (Å²) in [5, 5.41) is 0. The predicted octanol–water partition coefficient (Wildman–Crippen LogP) is 3.50. The first kappa shape index (κ1) is 13.2. The van der Waals surface area contributed by atoms with Crippen LogP contribution in [0.5, 0.6) is 0 Å². The molecule has 2 atom stereocenters. The molecule has 1 heteroatoms. The minimum atomic E-state index is -0.101. The average Bonchev–Trinajstić information content (AvgIpc) is 2.60. The van der Waals surface area contributed by atoms with E-state index in [1.807, 2.05) is 6.07 Å². The van der Waals surface area contributed by atoms with Crippen molar-refractivity contribution in [2.75, 3.05) is 7.11 Å². The molecule has 106 valence electrons. The van der Waals surface area contributed by atoms with Crippen LogP contribution in [0, 0.1) is 23.7 Å². The van der Waals surface area contributed by atoms with Gasteiger partial charge in [-0.3, -0.25) is 0 Å². The smallest absolute Gasteiger partial charge is 0.129 e. The van der Waals surface area contributed by atoms with E-state index in [9.17, 15) is 0 Å². The SMILES string of the molecule is CO[C@@H]1C#Cc2ccccc2[C@@H]1c1cccc2c1CCC#C2. The first-order valence-corrected chi connectivity index (χ1v) is 7.62. The molecule has 0 radical (unpaired) electrons. The monoisotopic (exact) mass is 284 g/mol. The van der Waals surface area contributed by atoms with Crippen molar-refractivity contribution in [1.82, 2.24) is 0 Å². The van der Waals surface area contributed by atoms with Crippen molar-refractivity contribution < 1.29 is 4.74 Å². The molecule has 2 aliphatic rings. The molecule has 0 aliphatic heterocycles. The van der Waals surface area contributed by atoms with Crippen LogP contribution in [0.2, 0.25) is 0 Å². The molecule has 0 amide bonds. The van der Waals surface area contributed by atoms with Crippen LogP contribution in [-0.2, 0) is 11.2 Å². The number of ether oxygens (including phenoxy) is 1. The van der Waals surface area contributed by atoms with Gasteiger partial charge in [0, 0.05) is 30.6 Å². The van der Waals surface area contributed by atoms with E-state index in [1.165, 1.54) is 16.7 Å². The van der Waals surface area contributed by atoms with Gasteiger partial charge in [0.05, 0.1) is 0 Å². The maximum Gasteiger partial charge on any atom is 0.129 e. The lowest BCUT2D eigenvalue weighted by atomic mass is 9.77. The minimum absolute atomic E-state index is 0.101. The Morgan fingerprint density at radius 3 is 2.68 bits per heavy atom. The van der Waals surface area contributed by atoms with Crippen molar-refractivity contribution in [3.8, 4) is 23.7 Å². The van der Waals surface area contributed by atoms with Crippen LogP contribution >= 0.6 is 0 Å². The molecule has 0 heterocycles. The van der Waals surface area contributed by atoms with Gasteiger partial charge in [-0.25, -0.2) is 0 Å². The van der Waals surface area contributed by atoms with E-state index in [2.05, 4.69) is 60.1 Å². The molecule has 0 saturated heterocycles. The van der Waals surface area contributed by atoms with E-state index in [-0.39, 0.29) is 12.0 Å². The van der Waals surface area contributed by atoms with Crippen LogP contribution in [0.3, 0.4) is 0 Å². The molecule has 0 aromatic heterocycles. The van der Waals surface area contributed by atoms with Gasteiger partial charge in [-0.15, -0.1) is 0 Å². The fourth-order valence-corrected chi connectivity index (χ4v) is 3.44. The number of methoxy groups -OCH3 is 1. The largest absolute Gasteiger partial charge is 0.368 e. The van der Waals surface area contributed by atoms with E-state index >= 15 is 0 Å². The summed E-state index contributed by atoms with van der Waals surface area (Å²) >= 11 is 0. The zero-order valence-corrected chi connectivity index (χ0v) is 12.5. The van der Waals surface area contributed by atoms with Crippen molar-refractivity contribution >= 4 is 0 Å². The van der Waals surface area contributed by atoms with Crippen molar-refractivity contribution in [3.05, 3.63) is 70.3 Å². The molecule has 1 nitrogen and oxygen atoms in total. The maximum absolute atomic E-state index is 5.70. The number of hydrogen-bond acceptors (Lipinski definition) is 1. The fourth-order valence-electron chi connectivity index (χ4n) is 3.44. The first-order chi connectivity index (χ1) is 10.9. The average molecular weight is 284 g/mol. The Morgan fingerprint density at radius 1 is 0.955 bits per heavy atom. The lowest BCUT2D eigenvalue weighted by molar-refractivity contribution is 0.133. The second-order valence-corrected chi connectivity index (χ2v) is 5.67. The summed E-state index contributed by atoms with van der Waals surface area (Å²) in [6.45, 7) is 0. The highest BCUT2D eigenvalue weighted by molar-refractivity contribution is 5.57. The fraction of sp³-hybridized carbons (Fsp3) is 0.238. The van der Waals surface area contributed by atoms with E-state index in [4.69, 9.17) is 4.74 Å². The highest BCUT2D eigenvalue weighted by Crippen LogP contribution is 2.37. The lowest BCUT2D eigenvalue weighted by Gasteiger charge is -2.29. The van der Waals surface area contributed by atoms with Gasteiger partial charge < -0.3 is 4.74 Å². The minimum Gasteiger partial charge on any atom is -0.368 e. The van der Waals surface area contributed by atoms with E-state index < -0.39 is 0 Å². The number of fused-ring (bicyclic) bond motifs is 2. The Labute approximate surface area is 131 Å². The molecule has 2 aromatic carbocycles. The summed E-state index contributed by atoms with van der Waals surface area (Å²) in [5.41, 5.74) is 6.22. The van der Waals surface area contributed by atoms with Crippen LogP contribution in [0.4, 0.5) is 0 Å². The molecular weight excluding hydrogens is 268 g/mol. The molecular formula is C21H16O. The Balaban J connectivity index is 1.93. The molecule has 2 aliphatic carbocycles. The Hall–Kier alpha value is -2.48. The van der Waals surface area contributed by atoms with Crippen LogP contribution in [0.15, 0.2) is 42.5 Å². The van der Waals surface area contributed by atoms with Crippen LogP contribution in [-0.4, -0.2) is 13.2 Å². The van der Waals surface area contributed by atoms with Gasteiger partial charge in [0.1, 0.15) is 6.10 Å². The standard InChI is InChI=1S/C21H16O/c1-22-20-14-13-16-8-3-5-11-18(16)21(20)19-12-6-9-15-7-2-4-10-17(15)19/h3,5-6,8-9,11-12,20-21H,4,10H2,1H3/t20-,21-/m1/s1. The Kier molecular flexibility index (Phi) is 3.23. The van der Waals surface area contributed by atoms with Gasteiger partial charge in [0.2, 0.25) is 0 Å². The molecule has 22 heavy (non-hydrogen) atoms. The van der Waals surface area contributed by atoms with Crippen molar-refractivity contribution in [2.45, 2.75) is 24.9 Å². The molecule has 2 aromatic rings. The third kappa shape index (κ3) is 2.03. The molecule has 0 unspecified atom stereocenters. The van der Waals surface area contributed by atoms with Gasteiger partial charge in [0.15, 0.2) is 0 Å². The van der Waals surface area contributed by atoms with Gasteiger partial charge in [-0.05, 0) is 35.2 Å². The number of hydrogen-bond donors (Lipinski definition) is 0. The quantitative estimate of drug-likeness (QED) is 0.767. The maximum atomic E-state index is 5.70. The zero-order chi connectivity index (χ0) is 14.9. The van der Waals surface area contributed by atoms with Crippen LogP contribution in [0.25, 0.3) is 0 Å². The second-order valence-electron chi connectivity index (χ2n) is 5.67. The summed E-state index contributed by atoms with van der Waals surface area (Å²) in [6, 6.07) is 14.8. The number of rotatable bonds is 2. The Bertz CT molecular complexity index is 855. The summed E-state index contributed by atoms with van der Waals surface area (Å²) in [7, 11) is 1.75.